The molecule has 1 fully saturated rings. The predicted molar refractivity (Wildman–Crippen MR) is 96.7 cm³/mol. The third kappa shape index (κ3) is 7.43. The van der Waals surface area contributed by atoms with E-state index in [1.807, 2.05) is 0 Å². The van der Waals surface area contributed by atoms with E-state index in [1.54, 1.807) is 13.8 Å². The Hall–Kier alpha value is -1.72. The summed E-state index contributed by atoms with van der Waals surface area (Å²) in [5.41, 5.74) is 5.44. The van der Waals surface area contributed by atoms with Crippen molar-refractivity contribution in [3.05, 3.63) is 0 Å². The van der Waals surface area contributed by atoms with Crippen molar-refractivity contribution < 1.29 is 32.4 Å². The number of imide groups is 1. The van der Waals surface area contributed by atoms with E-state index in [4.69, 9.17) is 10.5 Å². The van der Waals surface area contributed by atoms with E-state index in [-0.39, 0.29) is 12.8 Å². The van der Waals surface area contributed by atoms with Crippen LogP contribution in [0, 0.1) is 0 Å². The fourth-order valence-electron chi connectivity index (χ4n) is 2.72. The minimum Gasteiger partial charge on any atom is -0.428 e. The van der Waals surface area contributed by atoms with Crippen molar-refractivity contribution in [1.82, 2.24) is 9.37 Å². The minimum absolute atomic E-state index is 0.0367. The second-order valence-electron chi connectivity index (χ2n) is 6.16. The van der Waals surface area contributed by atoms with Gasteiger partial charge in [0.2, 0.25) is 10.0 Å². The molecule has 2 N–H and O–H groups in total. The first-order valence-electron chi connectivity index (χ1n) is 9.17. The number of hydrogen-bond donors (Lipinski definition) is 1. The molecule has 1 heterocycles. The Morgan fingerprint density at radius 1 is 1.15 bits per heavy atom. The Labute approximate surface area is 159 Å². The molecule has 0 aromatic heterocycles. The molecule has 0 spiro atoms. The van der Waals surface area contributed by atoms with Crippen LogP contribution in [0.15, 0.2) is 0 Å². The monoisotopic (exact) mass is 407 g/mol. The van der Waals surface area contributed by atoms with Gasteiger partial charge >= 0.3 is 6.16 Å². The van der Waals surface area contributed by atoms with Crippen LogP contribution in [-0.4, -0.2) is 67.2 Å². The van der Waals surface area contributed by atoms with E-state index >= 15 is 0 Å². The van der Waals surface area contributed by atoms with Crippen molar-refractivity contribution >= 4 is 28.0 Å². The molecule has 0 aromatic rings. The average molecular weight is 407 g/mol. The molecule has 0 bridgehead atoms. The van der Waals surface area contributed by atoms with Gasteiger partial charge < -0.3 is 10.5 Å². The van der Waals surface area contributed by atoms with Crippen LogP contribution in [0.3, 0.4) is 0 Å². The summed E-state index contributed by atoms with van der Waals surface area (Å²) in [6.45, 7) is 4.57. The molecule has 1 rings (SSSR count). The molecule has 0 saturated carbocycles. The molecule has 156 valence electrons. The quantitative estimate of drug-likeness (QED) is 0.284. The van der Waals surface area contributed by atoms with E-state index in [9.17, 15) is 22.8 Å². The van der Waals surface area contributed by atoms with Gasteiger partial charge in [0, 0.05) is 25.9 Å². The van der Waals surface area contributed by atoms with Crippen molar-refractivity contribution in [3.8, 4) is 0 Å². The van der Waals surface area contributed by atoms with Gasteiger partial charge in [-0.1, -0.05) is 25.3 Å². The number of hydrogen-bond acceptors (Lipinski definition) is 8. The van der Waals surface area contributed by atoms with E-state index in [0.29, 0.717) is 37.5 Å². The van der Waals surface area contributed by atoms with E-state index < -0.39 is 39.8 Å². The molecule has 11 heteroatoms. The van der Waals surface area contributed by atoms with E-state index in [2.05, 4.69) is 4.84 Å². The second-order valence-corrected chi connectivity index (χ2v) is 8.18. The number of unbranched alkanes of at least 4 members (excludes halogenated alkanes) is 2. The number of sulfonamides is 1. The summed E-state index contributed by atoms with van der Waals surface area (Å²) >= 11 is 0. The number of amides is 2. The molecule has 0 radical (unpaired) electrons. The van der Waals surface area contributed by atoms with Gasteiger partial charge in [-0.2, -0.15) is 0 Å². The highest BCUT2D eigenvalue weighted by molar-refractivity contribution is 7.89. The summed E-state index contributed by atoms with van der Waals surface area (Å²) in [7, 11) is -3.63. The molecular weight excluding hydrogens is 378 g/mol. The van der Waals surface area contributed by atoms with Crippen LogP contribution in [-0.2, 0) is 29.2 Å². The number of rotatable bonds is 12. The number of carbonyl (C=O) groups excluding carboxylic acids is 3. The van der Waals surface area contributed by atoms with Crippen molar-refractivity contribution in [2.75, 3.05) is 25.4 Å². The van der Waals surface area contributed by atoms with Crippen molar-refractivity contribution in [2.24, 2.45) is 5.73 Å². The topological polar surface area (TPSA) is 136 Å². The summed E-state index contributed by atoms with van der Waals surface area (Å²) in [5.74, 6) is -1.66. The Morgan fingerprint density at radius 2 is 1.74 bits per heavy atom. The lowest BCUT2D eigenvalue weighted by Gasteiger charge is -2.23. The number of hydroxylamine groups is 2. The first-order chi connectivity index (χ1) is 12.7. The van der Waals surface area contributed by atoms with Crippen molar-refractivity contribution in [1.29, 1.82) is 0 Å². The number of nitrogens with zero attached hydrogens (tertiary/aromatic N) is 2. The Balaban J connectivity index is 2.73. The summed E-state index contributed by atoms with van der Waals surface area (Å²) in [6.07, 6.45) is 0.167. The smallest absolute Gasteiger partial charge is 0.428 e. The van der Waals surface area contributed by atoms with Crippen molar-refractivity contribution in [2.45, 2.75) is 58.5 Å². The summed E-state index contributed by atoms with van der Waals surface area (Å²) in [4.78, 5) is 39.6. The van der Waals surface area contributed by atoms with Gasteiger partial charge in [0.25, 0.3) is 11.8 Å². The SMILES string of the molecule is CCN(CC)S(=O)(=O)CC(CCCCCN)OC(=O)ON1C(=O)CCC1=O. The van der Waals surface area contributed by atoms with Crippen LogP contribution in [0.4, 0.5) is 4.79 Å². The fraction of sp³-hybridized carbons (Fsp3) is 0.812. The molecule has 1 unspecified atom stereocenters. The maximum atomic E-state index is 12.5. The molecule has 27 heavy (non-hydrogen) atoms. The molecule has 10 nitrogen and oxygen atoms in total. The zero-order valence-corrected chi connectivity index (χ0v) is 16.7. The van der Waals surface area contributed by atoms with Gasteiger partial charge in [0.1, 0.15) is 11.9 Å². The zero-order valence-electron chi connectivity index (χ0n) is 15.9. The zero-order chi connectivity index (χ0) is 20.4. The largest absolute Gasteiger partial charge is 0.534 e. The Morgan fingerprint density at radius 3 is 2.26 bits per heavy atom. The Kier molecular flexibility index (Phi) is 9.67. The maximum absolute atomic E-state index is 12.5. The summed E-state index contributed by atoms with van der Waals surface area (Å²) in [5, 5.41) is 0.368. The maximum Gasteiger partial charge on any atom is 0.534 e. The van der Waals surface area contributed by atoms with Crippen molar-refractivity contribution in [3.63, 3.8) is 0 Å². The summed E-state index contributed by atoms with van der Waals surface area (Å²) < 4.78 is 31.4. The van der Waals surface area contributed by atoms with Crippen LogP contribution in [0.5, 0.6) is 0 Å². The van der Waals surface area contributed by atoms with E-state index in [0.717, 1.165) is 12.8 Å². The molecule has 1 aliphatic rings. The van der Waals surface area contributed by atoms with Crippen LogP contribution >= 0.6 is 0 Å². The third-order valence-electron chi connectivity index (χ3n) is 4.16. The molecule has 2 amide bonds. The highest BCUT2D eigenvalue weighted by Gasteiger charge is 2.35. The van der Waals surface area contributed by atoms with Crippen LogP contribution < -0.4 is 5.73 Å². The Bertz CT molecular complexity index is 604. The third-order valence-corrected chi connectivity index (χ3v) is 6.26. The van der Waals surface area contributed by atoms with Crippen LogP contribution in [0.25, 0.3) is 0 Å². The van der Waals surface area contributed by atoms with E-state index in [1.165, 1.54) is 4.31 Å². The molecule has 1 saturated heterocycles. The van der Waals surface area contributed by atoms with Gasteiger partial charge in [-0.25, -0.2) is 17.5 Å². The number of nitrogens with two attached hydrogens (primary N) is 1. The van der Waals surface area contributed by atoms with Crippen LogP contribution in [0.1, 0.15) is 52.4 Å². The first-order valence-corrected chi connectivity index (χ1v) is 10.8. The first kappa shape index (κ1) is 23.3. The molecule has 0 aromatic carbocycles. The highest BCUT2D eigenvalue weighted by atomic mass is 32.2. The second kappa shape index (κ2) is 11.2. The number of ether oxygens (including phenoxy) is 1. The molecule has 1 aliphatic heterocycles. The van der Waals surface area contributed by atoms with Crippen LogP contribution in [0.2, 0.25) is 0 Å². The molecule has 1 atom stereocenters. The lowest BCUT2D eigenvalue weighted by atomic mass is 10.1. The fourth-order valence-corrected chi connectivity index (χ4v) is 4.42. The van der Waals surface area contributed by atoms with Gasteiger partial charge in [-0.15, -0.1) is 0 Å². The lowest BCUT2D eigenvalue weighted by molar-refractivity contribution is -0.178. The average Bonchev–Trinajstić information content (AvgIpc) is 2.91. The molecular formula is C16H29N3O7S. The molecule has 0 aliphatic carbocycles. The standard InChI is InChI=1S/C16H29N3O7S/c1-3-18(4-2)27(23,24)12-13(8-6-5-7-11-17)25-16(22)26-19-14(20)9-10-15(19)21/h13H,3-12,17H2,1-2H3. The predicted octanol–water partition coefficient (Wildman–Crippen LogP) is 0.763. The highest BCUT2D eigenvalue weighted by Crippen LogP contribution is 2.16. The minimum atomic E-state index is -3.63. The van der Waals surface area contributed by atoms with Gasteiger partial charge in [-0.05, 0) is 25.8 Å². The van der Waals surface area contributed by atoms with Gasteiger partial charge in [0.05, 0.1) is 0 Å². The number of carbonyl (C=O) groups is 3. The van der Waals surface area contributed by atoms with Gasteiger partial charge in [0.15, 0.2) is 0 Å². The normalized spacial score (nSPS) is 16.1. The lowest BCUT2D eigenvalue weighted by Crippen LogP contribution is -2.39. The summed E-state index contributed by atoms with van der Waals surface area (Å²) in [6, 6.07) is 0. The van der Waals surface area contributed by atoms with Gasteiger partial charge in [-0.3, -0.25) is 14.4 Å².